The second-order valence-electron chi connectivity index (χ2n) is 3.30. The van der Waals surface area contributed by atoms with E-state index >= 15 is 0 Å². The number of hydrogen-bond acceptors (Lipinski definition) is 3. The highest BCUT2D eigenvalue weighted by Gasteiger charge is 2.14. The van der Waals surface area contributed by atoms with Gasteiger partial charge in [0.05, 0.1) is 13.2 Å². The Hall–Kier alpha value is -1.53. The van der Waals surface area contributed by atoms with Crippen molar-refractivity contribution in [2.24, 2.45) is 5.73 Å². The number of ether oxygens (including phenoxy) is 1. The summed E-state index contributed by atoms with van der Waals surface area (Å²) in [5.41, 5.74) is 8.56. The molecule has 0 fully saturated rings. The first-order valence-electron chi connectivity index (χ1n) is 4.40. The minimum absolute atomic E-state index is 0.620. The molecule has 1 unspecified atom stereocenters. The number of hydrogen-bond donors (Lipinski definition) is 1. The quantitative estimate of drug-likeness (QED) is 0.774. The Morgan fingerprint density at radius 2 is 2.07 bits per heavy atom. The van der Waals surface area contributed by atoms with E-state index in [-0.39, 0.29) is 0 Å². The molecule has 0 aromatic heterocycles. The van der Waals surface area contributed by atoms with Crippen molar-refractivity contribution in [3.63, 3.8) is 0 Å². The summed E-state index contributed by atoms with van der Waals surface area (Å²) in [6, 6.07) is 5.28. The van der Waals surface area contributed by atoms with E-state index in [4.69, 9.17) is 15.7 Å². The first-order valence-corrected chi connectivity index (χ1v) is 4.40. The van der Waals surface area contributed by atoms with Gasteiger partial charge in [-0.25, -0.2) is 0 Å². The summed E-state index contributed by atoms with van der Waals surface area (Å²) in [4.78, 5) is 0. The molecule has 1 rings (SSSR count). The average Bonchev–Trinajstić information content (AvgIpc) is 2.15. The maximum absolute atomic E-state index is 8.77. The number of nitriles is 1. The number of nitrogens with two attached hydrogens (primary N) is 1. The second-order valence-corrected chi connectivity index (χ2v) is 3.30. The molecule has 3 nitrogen and oxygen atoms in total. The third kappa shape index (κ3) is 1.86. The van der Waals surface area contributed by atoms with Crippen LogP contribution >= 0.6 is 0 Å². The molecule has 0 aliphatic heterocycles. The van der Waals surface area contributed by atoms with Crippen LogP contribution in [0.5, 0.6) is 5.75 Å². The van der Waals surface area contributed by atoms with Gasteiger partial charge >= 0.3 is 0 Å². The fourth-order valence-corrected chi connectivity index (χ4v) is 1.57. The number of aryl methyl sites for hydroxylation is 2. The van der Waals surface area contributed by atoms with Gasteiger partial charge in [-0.15, -0.1) is 0 Å². The molecule has 0 saturated carbocycles. The van der Waals surface area contributed by atoms with E-state index in [0.29, 0.717) is 5.75 Å². The number of nitrogens with zero attached hydrogens (tertiary/aromatic N) is 1. The van der Waals surface area contributed by atoms with Gasteiger partial charge in [-0.3, -0.25) is 0 Å². The van der Waals surface area contributed by atoms with E-state index in [2.05, 4.69) is 0 Å². The van der Waals surface area contributed by atoms with Crippen LogP contribution in [-0.2, 0) is 0 Å². The molecule has 1 aromatic carbocycles. The van der Waals surface area contributed by atoms with Gasteiger partial charge < -0.3 is 10.5 Å². The minimum Gasteiger partial charge on any atom is -0.496 e. The molecule has 14 heavy (non-hydrogen) atoms. The first kappa shape index (κ1) is 10.6. The fraction of sp³-hybridized carbons (Fsp3) is 0.364. The van der Waals surface area contributed by atoms with E-state index in [1.54, 1.807) is 7.11 Å². The van der Waals surface area contributed by atoms with Gasteiger partial charge in [0.1, 0.15) is 11.8 Å². The van der Waals surface area contributed by atoms with Crippen molar-refractivity contribution >= 4 is 0 Å². The smallest absolute Gasteiger partial charge is 0.125 e. The SMILES string of the molecule is COc1cc(C)cc(C)c1C(N)C#N. The highest BCUT2D eigenvalue weighted by atomic mass is 16.5. The lowest BCUT2D eigenvalue weighted by atomic mass is 9.99. The minimum atomic E-state index is -0.620. The van der Waals surface area contributed by atoms with E-state index < -0.39 is 6.04 Å². The van der Waals surface area contributed by atoms with Gasteiger partial charge in [0, 0.05) is 5.56 Å². The van der Waals surface area contributed by atoms with Crippen molar-refractivity contribution in [2.75, 3.05) is 7.11 Å². The zero-order valence-corrected chi connectivity index (χ0v) is 8.66. The highest BCUT2D eigenvalue weighted by molar-refractivity contribution is 5.46. The molecule has 1 atom stereocenters. The molecule has 0 bridgehead atoms. The van der Waals surface area contributed by atoms with E-state index in [0.717, 1.165) is 16.7 Å². The van der Waals surface area contributed by atoms with Crippen LogP contribution in [-0.4, -0.2) is 7.11 Å². The van der Waals surface area contributed by atoms with Gasteiger partial charge in [0.15, 0.2) is 0 Å². The predicted molar refractivity (Wildman–Crippen MR) is 55.0 cm³/mol. The van der Waals surface area contributed by atoms with Crippen LogP contribution in [0.1, 0.15) is 22.7 Å². The monoisotopic (exact) mass is 190 g/mol. The van der Waals surface area contributed by atoms with Crippen LogP contribution in [0, 0.1) is 25.2 Å². The Morgan fingerprint density at radius 1 is 1.43 bits per heavy atom. The van der Waals surface area contributed by atoms with Gasteiger partial charge in [0.25, 0.3) is 0 Å². The van der Waals surface area contributed by atoms with E-state index in [9.17, 15) is 0 Å². The van der Waals surface area contributed by atoms with Crippen LogP contribution in [0.4, 0.5) is 0 Å². The summed E-state index contributed by atoms with van der Waals surface area (Å²) in [7, 11) is 1.59. The van der Waals surface area contributed by atoms with Gasteiger partial charge in [-0.2, -0.15) is 5.26 Å². The number of benzene rings is 1. The Kier molecular flexibility index (Phi) is 3.10. The molecule has 2 N–H and O–H groups in total. The topological polar surface area (TPSA) is 59.0 Å². The summed E-state index contributed by atoms with van der Waals surface area (Å²) in [6.07, 6.45) is 0. The largest absolute Gasteiger partial charge is 0.496 e. The molecule has 0 aliphatic rings. The van der Waals surface area contributed by atoms with Crippen molar-refractivity contribution in [1.29, 1.82) is 5.26 Å². The number of methoxy groups -OCH3 is 1. The molecule has 1 aromatic rings. The van der Waals surface area contributed by atoms with Gasteiger partial charge in [-0.05, 0) is 31.0 Å². The Morgan fingerprint density at radius 3 is 2.57 bits per heavy atom. The third-order valence-corrected chi connectivity index (χ3v) is 2.16. The summed E-state index contributed by atoms with van der Waals surface area (Å²) >= 11 is 0. The molecule has 0 spiro atoms. The molecule has 0 amide bonds. The molecule has 0 radical (unpaired) electrons. The maximum atomic E-state index is 8.77. The molecule has 3 heteroatoms. The summed E-state index contributed by atoms with van der Waals surface area (Å²) in [5.74, 6) is 0.691. The second kappa shape index (κ2) is 4.12. The lowest BCUT2D eigenvalue weighted by Gasteiger charge is -2.14. The van der Waals surface area contributed by atoms with Crippen molar-refractivity contribution in [3.05, 3.63) is 28.8 Å². The normalized spacial score (nSPS) is 11.9. The molecule has 0 heterocycles. The maximum Gasteiger partial charge on any atom is 0.125 e. The molecular weight excluding hydrogens is 176 g/mol. The summed E-state index contributed by atoms with van der Waals surface area (Å²) in [5, 5.41) is 8.77. The molecular formula is C11H14N2O. The van der Waals surface area contributed by atoms with Crippen molar-refractivity contribution in [2.45, 2.75) is 19.9 Å². The Bertz CT molecular complexity index is 380. The van der Waals surface area contributed by atoms with Crippen LogP contribution in [0.3, 0.4) is 0 Å². The third-order valence-electron chi connectivity index (χ3n) is 2.16. The highest BCUT2D eigenvalue weighted by Crippen LogP contribution is 2.28. The van der Waals surface area contributed by atoms with Crippen molar-refractivity contribution in [1.82, 2.24) is 0 Å². The zero-order valence-electron chi connectivity index (χ0n) is 8.66. The number of rotatable bonds is 2. The van der Waals surface area contributed by atoms with Crippen LogP contribution in [0.2, 0.25) is 0 Å². The Balaban J connectivity index is 3.34. The van der Waals surface area contributed by atoms with E-state index in [1.165, 1.54) is 0 Å². The molecule has 74 valence electrons. The van der Waals surface area contributed by atoms with Crippen LogP contribution in [0.25, 0.3) is 0 Å². The van der Waals surface area contributed by atoms with E-state index in [1.807, 2.05) is 32.0 Å². The average molecular weight is 190 g/mol. The van der Waals surface area contributed by atoms with Crippen LogP contribution in [0.15, 0.2) is 12.1 Å². The standard InChI is InChI=1S/C11H14N2O/c1-7-4-8(2)11(9(13)6-12)10(5-7)14-3/h4-5,9H,13H2,1-3H3. The van der Waals surface area contributed by atoms with Crippen molar-refractivity contribution in [3.8, 4) is 11.8 Å². The molecule has 0 saturated heterocycles. The fourth-order valence-electron chi connectivity index (χ4n) is 1.57. The summed E-state index contributed by atoms with van der Waals surface area (Å²) < 4.78 is 5.20. The zero-order chi connectivity index (χ0) is 10.7. The Labute approximate surface area is 84.1 Å². The van der Waals surface area contributed by atoms with Gasteiger partial charge in [0.2, 0.25) is 0 Å². The molecule has 0 aliphatic carbocycles. The summed E-state index contributed by atoms with van der Waals surface area (Å²) in [6.45, 7) is 3.92. The van der Waals surface area contributed by atoms with Gasteiger partial charge in [-0.1, -0.05) is 6.07 Å². The lowest BCUT2D eigenvalue weighted by Crippen LogP contribution is -2.11. The predicted octanol–water partition coefficient (Wildman–Crippen LogP) is 1.84. The lowest BCUT2D eigenvalue weighted by molar-refractivity contribution is 0.407. The van der Waals surface area contributed by atoms with Crippen molar-refractivity contribution < 1.29 is 4.74 Å². The van der Waals surface area contributed by atoms with Crippen LogP contribution < -0.4 is 10.5 Å². The first-order chi connectivity index (χ1) is 6.60.